The van der Waals surface area contributed by atoms with Crippen molar-refractivity contribution in [1.29, 1.82) is 0 Å². The number of nitrogens with zero attached hydrogens (tertiary/aromatic N) is 1. The molecule has 0 aromatic heterocycles. The second-order valence-electron chi connectivity index (χ2n) is 7.80. The number of nitrogens with one attached hydrogen (secondary N) is 1. The highest BCUT2D eigenvalue weighted by atomic mass is 16.5. The molecule has 0 spiro atoms. The fourth-order valence-electron chi connectivity index (χ4n) is 4.25. The van der Waals surface area contributed by atoms with Crippen LogP contribution in [0.3, 0.4) is 0 Å². The second kappa shape index (κ2) is 9.02. The molecule has 1 aliphatic heterocycles. The number of methoxy groups -OCH3 is 1. The van der Waals surface area contributed by atoms with Crippen molar-refractivity contribution in [3.63, 3.8) is 0 Å². The zero-order valence-corrected chi connectivity index (χ0v) is 15.8. The molecule has 1 aliphatic carbocycles. The summed E-state index contributed by atoms with van der Waals surface area (Å²) in [5, 5.41) is 13.6. The molecule has 4 heteroatoms. The molecule has 2 fully saturated rings. The summed E-state index contributed by atoms with van der Waals surface area (Å²) in [6.45, 7) is 6.48. The van der Waals surface area contributed by atoms with Gasteiger partial charge in [-0.3, -0.25) is 4.90 Å². The topological polar surface area (TPSA) is 44.7 Å². The molecule has 0 amide bonds. The maximum absolute atomic E-state index is 10.0. The number of benzene rings is 1. The Hall–Kier alpha value is -1.10. The second-order valence-corrected chi connectivity index (χ2v) is 7.80. The van der Waals surface area contributed by atoms with E-state index in [0.717, 1.165) is 38.1 Å². The van der Waals surface area contributed by atoms with Gasteiger partial charge in [-0.1, -0.05) is 18.9 Å². The molecule has 4 nitrogen and oxygen atoms in total. The van der Waals surface area contributed by atoms with Crippen molar-refractivity contribution in [2.75, 3.05) is 26.7 Å². The standard InChI is InChI=1S/C21H34N2O2/c1-16(22-14-18-7-6-8-20(18)24)17-9-10-21(25-2)19(13-17)15-23-11-4-3-5-12-23/h9-10,13,16,18,20,22,24H,3-8,11-12,14-15H2,1-2H3. The summed E-state index contributed by atoms with van der Waals surface area (Å²) < 4.78 is 5.60. The number of likely N-dealkylation sites (tertiary alicyclic amines) is 1. The van der Waals surface area contributed by atoms with Crippen molar-refractivity contribution in [3.05, 3.63) is 29.3 Å². The number of piperidine rings is 1. The molecule has 0 radical (unpaired) electrons. The first-order valence-corrected chi connectivity index (χ1v) is 9.98. The van der Waals surface area contributed by atoms with Crippen molar-refractivity contribution >= 4 is 0 Å². The zero-order valence-electron chi connectivity index (χ0n) is 15.8. The molecule has 0 bridgehead atoms. The smallest absolute Gasteiger partial charge is 0.123 e. The van der Waals surface area contributed by atoms with E-state index in [1.54, 1.807) is 7.11 Å². The molecular formula is C21H34N2O2. The van der Waals surface area contributed by atoms with Crippen LogP contribution in [0.25, 0.3) is 0 Å². The highest BCUT2D eigenvalue weighted by Gasteiger charge is 2.25. The first-order chi connectivity index (χ1) is 12.2. The van der Waals surface area contributed by atoms with Crippen LogP contribution < -0.4 is 10.1 Å². The van der Waals surface area contributed by atoms with Gasteiger partial charge >= 0.3 is 0 Å². The molecule has 2 aliphatic rings. The van der Waals surface area contributed by atoms with E-state index in [1.165, 1.54) is 43.5 Å². The van der Waals surface area contributed by atoms with Crippen LogP contribution in [0.5, 0.6) is 5.75 Å². The lowest BCUT2D eigenvalue weighted by atomic mass is 10.0. The van der Waals surface area contributed by atoms with E-state index in [4.69, 9.17) is 4.74 Å². The number of aliphatic hydroxyl groups is 1. The van der Waals surface area contributed by atoms with E-state index in [1.807, 2.05) is 0 Å². The number of rotatable bonds is 7. The van der Waals surface area contributed by atoms with Crippen LogP contribution in [0.1, 0.15) is 62.6 Å². The summed E-state index contributed by atoms with van der Waals surface area (Å²) in [5.74, 6) is 1.40. The van der Waals surface area contributed by atoms with E-state index >= 15 is 0 Å². The Kier molecular flexibility index (Phi) is 6.74. The lowest BCUT2D eigenvalue weighted by Gasteiger charge is -2.27. The van der Waals surface area contributed by atoms with Crippen molar-refractivity contribution in [2.45, 2.75) is 64.1 Å². The maximum atomic E-state index is 10.0. The minimum atomic E-state index is -0.120. The predicted molar refractivity (Wildman–Crippen MR) is 102 cm³/mol. The Morgan fingerprint density at radius 2 is 2.00 bits per heavy atom. The molecule has 1 saturated carbocycles. The maximum Gasteiger partial charge on any atom is 0.123 e. The molecule has 140 valence electrons. The molecule has 1 saturated heterocycles. The summed E-state index contributed by atoms with van der Waals surface area (Å²) in [6.07, 6.45) is 7.12. The van der Waals surface area contributed by atoms with Gasteiger partial charge < -0.3 is 15.2 Å². The lowest BCUT2D eigenvalue weighted by Crippen LogP contribution is -2.30. The van der Waals surface area contributed by atoms with Gasteiger partial charge in [0.15, 0.2) is 0 Å². The largest absolute Gasteiger partial charge is 0.496 e. The first kappa shape index (κ1) is 18.7. The van der Waals surface area contributed by atoms with Gasteiger partial charge in [0.2, 0.25) is 0 Å². The molecule has 2 N–H and O–H groups in total. The van der Waals surface area contributed by atoms with Crippen molar-refractivity contribution in [3.8, 4) is 5.75 Å². The van der Waals surface area contributed by atoms with Crippen LogP contribution in [-0.4, -0.2) is 42.9 Å². The molecule has 3 atom stereocenters. The monoisotopic (exact) mass is 346 g/mol. The number of hydrogen-bond acceptors (Lipinski definition) is 4. The van der Waals surface area contributed by atoms with Crippen molar-refractivity contribution in [2.24, 2.45) is 5.92 Å². The predicted octanol–water partition coefficient (Wildman–Crippen LogP) is 3.49. The van der Waals surface area contributed by atoms with Crippen LogP contribution in [0.2, 0.25) is 0 Å². The van der Waals surface area contributed by atoms with Crippen molar-refractivity contribution in [1.82, 2.24) is 10.2 Å². The van der Waals surface area contributed by atoms with Gasteiger partial charge in [0.1, 0.15) is 5.75 Å². The van der Waals surface area contributed by atoms with Gasteiger partial charge in [0.05, 0.1) is 13.2 Å². The van der Waals surface area contributed by atoms with Crippen LogP contribution in [-0.2, 0) is 6.54 Å². The van der Waals surface area contributed by atoms with Gasteiger partial charge in [-0.25, -0.2) is 0 Å². The quantitative estimate of drug-likeness (QED) is 0.793. The number of ether oxygens (including phenoxy) is 1. The number of hydrogen-bond donors (Lipinski definition) is 2. The Bertz CT molecular complexity index is 543. The molecule has 1 aromatic rings. The third kappa shape index (κ3) is 4.96. The Balaban J connectivity index is 1.62. The summed E-state index contributed by atoms with van der Waals surface area (Å²) in [4.78, 5) is 2.54. The highest BCUT2D eigenvalue weighted by Crippen LogP contribution is 2.28. The minimum absolute atomic E-state index is 0.120. The SMILES string of the molecule is COc1ccc(C(C)NCC2CCCC2O)cc1CN1CCCCC1. The minimum Gasteiger partial charge on any atom is -0.496 e. The van der Waals surface area contributed by atoms with E-state index in [0.29, 0.717) is 12.0 Å². The third-order valence-corrected chi connectivity index (χ3v) is 5.95. The Morgan fingerprint density at radius 1 is 1.20 bits per heavy atom. The highest BCUT2D eigenvalue weighted by molar-refractivity contribution is 5.38. The van der Waals surface area contributed by atoms with Crippen LogP contribution in [0, 0.1) is 5.92 Å². The molecule has 3 rings (SSSR count). The molecule has 3 unspecified atom stereocenters. The Labute approximate surface area is 152 Å². The molecule has 1 heterocycles. The molecular weight excluding hydrogens is 312 g/mol. The average Bonchev–Trinajstić information content (AvgIpc) is 3.05. The third-order valence-electron chi connectivity index (χ3n) is 5.95. The Morgan fingerprint density at radius 3 is 2.68 bits per heavy atom. The van der Waals surface area contributed by atoms with Gasteiger partial charge in [-0.15, -0.1) is 0 Å². The van der Waals surface area contributed by atoms with Gasteiger partial charge in [0.25, 0.3) is 0 Å². The fourth-order valence-corrected chi connectivity index (χ4v) is 4.25. The van der Waals surface area contributed by atoms with Gasteiger partial charge in [0, 0.05) is 24.7 Å². The van der Waals surface area contributed by atoms with E-state index in [9.17, 15) is 5.11 Å². The average molecular weight is 347 g/mol. The summed E-state index contributed by atoms with van der Waals surface area (Å²) >= 11 is 0. The zero-order chi connectivity index (χ0) is 17.6. The summed E-state index contributed by atoms with van der Waals surface area (Å²) in [6, 6.07) is 6.87. The van der Waals surface area contributed by atoms with Gasteiger partial charge in [-0.2, -0.15) is 0 Å². The normalized spacial score (nSPS) is 25.9. The first-order valence-electron chi connectivity index (χ1n) is 9.98. The van der Waals surface area contributed by atoms with Crippen LogP contribution in [0.4, 0.5) is 0 Å². The van der Waals surface area contributed by atoms with Crippen LogP contribution >= 0.6 is 0 Å². The summed E-state index contributed by atoms with van der Waals surface area (Å²) in [7, 11) is 1.76. The van der Waals surface area contributed by atoms with Crippen LogP contribution in [0.15, 0.2) is 18.2 Å². The molecule has 25 heavy (non-hydrogen) atoms. The lowest BCUT2D eigenvalue weighted by molar-refractivity contribution is 0.130. The molecule has 1 aromatic carbocycles. The van der Waals surface area contributed by atoms with E-state index in [-0.39, 0.29) is 6.10 Å². The van der Waals surface area contributed by atoms with E-state index < -0.39 is 0 Å². The fraction of sp³-hybridized carbons (Fsp3) is 0.714. The van der Waals surface area contributed by atoms with Crippen molar-refractivity contribution < 1.29 is 9.84 Å². The summed E-state index contributed by atoms with van der Waals surface area (Å²) in [5.41, 5.74) is 2.59. The van der Waals surface area contributed by atoms with Gasteiger partial charge in [-0.05, 0) is 69.3 Å². The van der Waals surface area contributed by atoms with E-state index in [2.05, 4.69) is 35.3 Å². The number of aliphatic hydroxyl groups excluding tert-OH is 1.